The van der Waals surface area contributed by atoms with Gasteiger partial charge >= 0.3 is 5.97 Å². The number of hydrogen-bond donors (Lipinski definition) is 0. The molecule has 142 valence electrons. The maximum atomic E-state index is 13.0. The number of ether oxygens (including phenoxy) is 1. The standard InChI is InChI=1S/C21H30N2O3/c1-3-26-21(25)19-6-4-5-13-23(19)20(24)15-22(18-11-12-18)14-17-9-7-16(2)8-10-17/h7-10,18-19H,3-6,11-15H2,1-2H3. The summed E-state index contributed by atoms with van der Waals surface area (Å²) in [5, 5.41) is 0. The SMILES string of the molecule is CCOC(=O)C1CCCCN1C(=O)CN(Cc1ccc(C)cc1)C1CC1. The third kappa shape index (κ3) is 4.85. The van der Waals surface area contributed by atoms with Crippen molar-refractivity contribution in [2.45, 2.75) is 64.6 Å². The van der Waals surface area contributed by atoms with E-state index in [4.69, 9.17) is 4.74 Å². The fraction of sp³-hybridized carbons (Fsp3) is 0.619. The molecule has 1 aliphatic carbocycles. The van der Waals surface area contributed by atoms with E-state index in [-0.39, 0.29) is 11.9 Å². The van der Waals surface area contributed by atoms with Crippen LogP contribution in [0.25, 0.3) is 0 Å². The lowest BCUT2D eigenvalue weighted by atomic mass is 10.0. The molecule has 26 heavy (non-hydrogen) atoms. The minimum Gasteiger partial charge on any atom is -0.464 e. The summed E-state index contributed by atoms with van der Waals surface area (Å²) >= 11 is 0. The first kappa shape index (κ1) is 18.9. The minimum atomic E-state index is -0.406. The van der Waals surface area contributed by atoms with Gasteiger partial charge in [0.2, 0.25) is 5.91 Å². The van der Waals surface area contributed by atoms with Gasteiger partial charge in [-0.05, 0) is 51.5 Å². The zero-order valence-corrected chi connectivity index (χ0v) is 15.9. The van der Waals surface area contributed by atoms with Crippen LogP contribution in [-0.2, 0) is 20.9 Å². The quantitative estimate of drug-likeness (QED) is 0.703. The van der Waals surface area contributed by atoms with Crippen molar-refractivity contribution in [2.75, 3.05) is 19.7 Å². The Morgan fingerprint density at radius 2 is 1.88 bits per heavy atom. The van der Waals surface area contributed by atoms with E-state index in [1.807, 2.05) is 6.92 Å². The van der Waals surface area contributed by atoms with E-state index in [1.54, 1.807) is 4.90 Å². The Morgan fingerprint density at radius 1 is 1.15 bits per heavy atom. The number of aryl methyl sites for hydroxylation is 1. The predicted molar refractivity (Wildman–Crippen MR) is 101 cm³/mol. The molecule has 0 N–H and O–H groups in total. The maximum absolute atomic E-state index is 13.0. The molecule has 1 heterocycles. The summed E-state index contributed by atoms with van der Waals surface area (Å²) in [5.74, 6) is -0.196. The molecular weight excluding hydrogens is 328 g/mol. The fourth-order valence-corrected chi connectivity index (χ4v) is 3.66. The lowest BCUT2D eigenvalue weighted by Crippen LogP contribution is -2.51. The lowest BCUT2D eigenvalue weighted by molar-refractivity contribution is -0.157. The van der Waals surface area contributed by atoms with E-state index >= 15 is 0 Å². The third-order valence-corrected chi connectivity index (χ3v) is 5.29. The van der Waals surface area contributed by atoms with Crippen LogP contribution in [-0.4, -0.2) is 53.5 Å². The second-order valence-corrected chi connectivity index (χ2v) is 7.47. The topological polar surface area (TPSA) is 49.9 Å². The van der Waals surface area contributed by atoms with Gasteiger partial charge in [0.05, 0.1) is 13.2 Å². The van der Waals surface area contributed by atoms with Crippen LogP contribution in [0.4, 0.5) is 0 Å². The van der Waals surface area contributed by atoms with Gasteiger partial charge in [-0.15, -0.1) is 0 Å². The Balaban J connectivity index is 1.64. The van der Waals surface area contributed by atoms with Crippen molar-refractivity contribution in [3.63, 3.8) is 0 Å². The van der Waals surface area contributed by atoms with Gasteiger partial charge in [0, 0.05) is 19.1 Å². The summed E-state index contributed by atoms with van der Waals surface area (Å²) in [6.07, 6.45) is 4.96. The van der Waals surface area contributed by atoms with Gasteiger partial charge < -0.3 is 9.64 Å². The largest absolute Gasteiger partial charge is 0.464 e. The van der Waals surface area contributed by atoms with Gasteiger partial charge in [-0.25, -0.2) is 4.79 Å². The second-order valence-electron chi connectivity index (χ2n) is 7.47. The highest BCUT2D eigenvalue weighted by molar-refractivity contribution is 5.85. The highest BCUT2D eigenvalue weighted by atomic mass is 16.5. The van der Waals surface area contributed by atoms with Crippen LogP contribution in [0.5, 0.6) is 0 Å². The fourth-order valence-electron chi connectivity index (χ4n) is 3.66. The first-order valence-corrected chi connectivity index (χ1v) is 9.84. The van der Waals surface area contributed by atoms with Crippen LogP contribution in [0.1, 0.15) is 50.2 Å². The molecule has 2 fully saturated rings. The number of piperidine rings is 1. The van der Waals surface area contributed by atoms with E-state index in [0.717, 1.165) is 32.2 Å². The number of esters is 1. The predicted octanol–water partition coefficient (Wildman–Crippen LogP) is 2.90. The highest BCUT2D eigenvalue weighted by Crippen LogP contribution is 2.29. The van der Waals surface area contributed by atoms with Gasteiger partial charge in [0.15, 0.2) is 0 Å². The molecule has 1 unspecified atom stereocenters. The summed E-state index contributed by atoms with van der Waals surface area (Å²) in [4.78, 5) is 29.2. The van der Waals surface area contributed by atoms with E-state index in [2.05, 4.69) is 36.1 Å². The second kappa shape index (κ2) is 8.67. The van der Waals surface area contributed by atoms with Crippen molar-refractivity contribution < 1.29 is 14.3 Å². The molecule has 3 rings (SSSR count). The number of carbonyl (C=O) groups excluding carboxylic acids is 2. The van der Waals surface area contributed by atoms with Crippen molar-refractivity contribution in [1.29, 1.82) is 0 Å². The smallest absolute Gasteiger partial charge is 0.328 e. The monoisotopic (exact) mass is 358 g/mol. The lowest BCUT2D eigenvalue weighted by Gasteiger charge is -2.35. The van der Waals surface area contributed by atoms with Gasteiger partial charge in [0.1, 0.15) is 6.04 Å². The summed E-state index contributed by atoms with van der Waals surface area (Å²) < 4.78 is 5.19. The average Bonchev–Trinajstić information content (AvgIpc) is 3.48. The number of amides is 1. The molecule has 1 aliphatic heterocycles. The van der Waals surface area contributed by atoms with Crippen molar-refractivity contribution in [2.24, 2.45) is 0 Å². The molecule has 0 bridgehead atoms. The first-order chi connectivity index (χ1) is 12.6. The van der Waals surface area contributed by atoms with Gasteiger partial charge in [-0.3, -0.25) is 9.69 Å². The summed E-state index contributed by atoms with van der Waals surface area (Å²) in [7, 11) is 0. The van der Waals surface area contributed by atoms with Gasteiger partial charge in [-0.1, -0.05) is 29.8 Å². The van der Waals surface area contributed by atoms with Crippen molar-refractivity contribution in [3.8, 4) is 0 Å². The molecule has 0 spiro atoms. The molecule has 1 saturated carbocycles. The van der Waals surface area contributed by atoms with Crippen molar-refractivity contribution in [3.05, 3.63) is 35.4 Å². The van der Waals surface area contributed by atoms with Crippen LogP contribution in [0.3, 0.4) is 0 Å². The Morgan fingerprint density at radius 3 is 2.54 bits per heavy atom. The summed E-state index contributed by atoms with van der Waals surface area (Å²) in [5.41, 5.74) is 2.48. The number of nitrogens with zero attached hydrogens (tertiary/aromatic N) is 2. The highest BCUT2D eigenvalue weighted by Gasteiger charge is 2.36. The Labute approximate surface area is 156 Å². The molecule has 1 aromatic carbocycles. The van der Waals surface area contributed by atoms with Crippen LogP contribution in [0, 0.1) is 6.92 Å². The molecule has 5 heteroatoms. The van der Waals surface area contributed by atoms with Crippen LogP contribution in [0.15, 0.2) is 24.3 Å². The van der Waals surface area contributed by atoms with Crippen LogP contribution in [0.2, 0.25) is 0 Å². The Bertz CT molecular complexity index is 625. The van der Waals surface area contributed by atoms with E-state index in [0.29, 0.717) is 32.2 Å². The van der Waals surface area contributed by atoms with Gasteiger partial charge in [-0.2, -0.15) is 0 Å². The molecule has 2 aliphatic rings. The molecule has 1 atom stereocenters. The zero-order chi connectivity index (χ0) is 18.5. The summed E-state index contributed by atoms with van der Waals surface area (Å²) in [6.45, 7) is 6.08. The third-order valence-electron chi connectivity index (χ3n) is 5.29. The molecular formula is C21H30N2O3. The molecule has 1 saturated heterocycles. The van der Waals surface area contributed by atoms with E-state index in [9.17, 15) is 9.59 Å². The van der Waals surface area contributed by atoms with Gasteiger partial charge in [0.25, 0.3) is 0 Å². The number of carbonyl (C=O) groups is 2. The van der Waals surface area contributed by atoms with Crippen LogP contribution >= 0.6 is 0 Å². The Kier molecular flexibility index (Phi) is 6.30. The average molecular weight is 358 g/mol. The molecule has 0 aromatic heterocycles. The molecule has 0 radical (unpaired) electrons. The first-order valence-electron chi connectivity index (χ1n) is 9.84. The minimum absolute atomic E-state index is 0.0572. The molecule has 1 aromatic rings. The molecule has 5 nitrogen and oxygen atoms in total. The van der Waals surface area contributed by atoms with Crippen molar-refractivity contribution in [1.82, 2.24) is 9.80 Å². The van der Waals surface area contributed by atoms with E-state index < -0.39 is 6.04 Å². The maximum Gasteiger partial charge on any atom is 0.328 e. The number of benzene rings is 1. The normalized spacial score (nSPS) is 20.3. The van der Waals surface area contributed by atoms with Crippen molar-refractivity contribution >= 4 is 11.9 Å². The number of hydrogen-bond acceptors (Lipinski definition) is 4. The zero-order valence-electron chi connectivity index (χ0n) is 15.9. The Hall–Kier alpha value is -1.88. The number of likely N-dealkylation sites (tertiary alicyclic amines) is 1. The van der Waals surface area contributed by atoms with E-state index in [1.165, 1.54) is 11.1 Å². The summed E-state index contributed by atoms with van der Waals surface area (Å²) in [6, 6.07) is 8.59. The molecule has 1 amide bonds. The number of rotatable bonds is 7. The van der Waals surface area contributed by atoms with Crippen LogP contribution < -0.4 is 0 Å².